The first-order chi connectivity index (χ1) is 8.26. The summed E-state index contributed by atoms with van der Waals surface area (Å²) in [5.74, 6) is 1.71. The Kier molecular flexibility index (Phi) is 10.4. The molecule has 0 radical (unpaired) electrons. The summed E-state index contributed by atoms with van der Waals surface area (Å²) in [7, 11) is 1.79. The Balaban J connectivity index is 0.00000289. The van der Waals surface area contributed by atoms with Crippen molar-refractivity contribution in [2.45, 2.75) is 19.8 Å². The molecular formula is C13H27IN4. The molecule has 0 aromatic heterocycles. The highest BCUT2D eigenvalue weighted by Gasteiger charge is 2.15. The molecule has 0 aromatic carbocycles. The van der Waals surface area contributed by atoms with Crippen molar-refractivity contribution >= 4 is 29.9 Å². The van der Waals surface area contributed by atoms with E-state index in [-0.39, 0.29) is 24.0 Å². The number of piperidine rings is 1. The molecule has 106 valence electrons. The van der Waals surface area contributed by atoms with Crippen LogP contribution >= 0.6 is 24.0 Å². The fourth-order valence-electron chi connectivity index (χ4n) is 2.21. The van der Waals surface area contributed by atoms with Gasteiger partial charge in [0.25, 0.3) is 0 Å². The number of hydrogen-bond donors (Lipinski definition) is 2. The fourth-order valence-corrected chi connectivity index (χ4v) is 2.21. The van der Waals surface area contributed by atoms with Crippen LogP contribution in [0.1, 0.15) is 19.8 Å². The van der Waals surface area contributed by atoms with E-state index in [2.05, 4.69) is 34.0 Å². The van der Waals surface area contributed by atoms with Crippen LogP contribution in [0.3, 0.4) is 0 Å². The second-order valence-electron chi connectivity index (χ2n) is 4.72. The molecule has 0 spiro atoms. The molecular weight excluding hydrogens is 339 g/mol. The van der Waals surface area contributed by atoms with E-state index in [0.29, 0.717) is 0 Å². The lowest BCUT2D eigenvalue weighted by atomic mass is 10.0. The molecule has 1 aliphatic heterocycles. The summed E-state index contributed by atoms with van der Waals surface area (Å²) < 4.78 is 0. The van der Waals surface area contributed by atoms with Crippen LogP contribution < -0.4 is 10.6 Å². The van der Waals surface area contributed by atoms with Gasteiger partial charge in [-0.1, -0.05) is 13.0 Å². The lowest BCUT2D eigenvalue weighted by Crippen LogP contribution is -2.43. The van der Waals surface area contributed by atoms with E-state index in [9.17, 15) is 0 Å². The maximum absolute atomic E-state index is 4.15. The Labute approximate surface area is 128 Å². The molecule has 1 saturated heterocycles. The number of guanidine groups is 1. The highest BCUT2D eigenvalue weighted by atomic mass is 127. The number of hydrogen-bond acceptors (Lipinski definition) is 2. The van der Waals surface area contributed by atoms with Crippen molar-refractivity contribution in [3.8, 4) is 0 Å². The minimum atomic E-state index is 0. The average Bonchev–Trinajstić information content (AvgIpc) is 2.33. The largest absolute Gasteiger partial charge is 0.355 e. The van der Waals surface area contributed by atoms with E-state index in [1.54, 1.807) is 7.05 Å². The topological polar surface area (TPSA) is 39.7 Å². The molecule has 0 amide bonds. The number of nitrogens with one attached hydrogen (secondary N) is 2. The van der Waals surface area contributed by atoms with Crippen molar-refractivity contribution in [2.24, 2.45) is 10.9 Å². The second-order valence-corrected chi connectivity index (χ2v) is 4.72. The van der Waals surface area contributed by atoms with Gasteiger partial charge in [0.1, 0.15) is 0 Å². The Morgan fingerprint density at radius 3 is 2.89 bits per heavy atom. The van der Waals surface area contributed by atoms with E-state index in [4.69, 9.17) is 0 Å². The van der Waals surface area contributed by atoms with Crippen molar-refractivity contribution in [2.75, 3.05) is 39.8 Å². The first-order valence-electron chi connectivity index (χ1n) is 6.54. The van der Waals surface area contributed by atoms with E-state index in [0.717, 1.165) is 31.5 Å². The average molecular weight is 366 g/mol. The molecule has 0 bridgehead atoms. The van der Waals surface area contributed by atoms with Gasteiger partial charge in [-0.05, 0) is 25.3 Å². The van der Waals surface area contributed by atoms with Gasteiger partial charge in [0.2, 0.25) is 0 Å². The summed E-state index contributed by atoms with van der Waals surface area (Å²) in [5.41, 5.74) is 0. The van der Waals surface area contributed by atoms with Crippen LogP contribution in [0.5, 0.6) is 0 Å². The van der Waals surface area contributed by atoms with Gasteiger partial charge in [0.15, 0.2) is 5.96 Å². The van der Waals surface area contributed by atoms with E-state index < -0.39 is 0 Å². The van der Waals surface area contributed by atoms with Gasteiger partial charge in [0.05, 0.1) is 0 Å². The summed E-state index contributed by atoms with van der Waals surface area (Å²) in [4.78, 5) is 6.68. The third-order valence-corrected chi connectivity index (χ3v) is 3.10. The monoisotopic (exact) mass is 366 g/mol. The molecule has 18 heavy (non-hydrogen) atoms. The van der Waals surface area contributed by atoms with E-state index in [1.165, 1.54) is 25.9 Å². The second kappa shape index (κ2) is 10.6. The Morgan fingerprint density at radius 1 is 1.50 bits per heavy atom. The SMILES string of the molecule is C=CCNC(=NC)NCCN1CCCC(C)C1.I. The summed E-state index contributed by atoms with van der Waals surface area (Å²) in [6.07, 6.45) is 4.55. The van der Waals surface area contributed by atoms with Gasteiger partial charge >= 0.3 is 0 Å². The van der Waals surface area contributed by atoms with Crippen LogP contribution in [0.25, 0.3) is 0 Å². The summed E-state index contributed by atoms with van der Waals surface area (Å²) in [6, 6.07) is 0. The molecule has 1 heterocycles. The van der Waals surface area contributed by atoms with Crippen LogP contribution in [-0.4, -0.2) is 50.6 Å². The van der Waals surface area contributed by atoms with Crippen LogP contribution in [0, 0.1) is 5.92 Å². The van der Waals surface area contributed by atoms with Gasteiger partial charge in [-0.3, -0.25) is 4.99 Å². The Bertz CT molecular complexity index is 255. The van der Waals surface area contributed by atoms with Gasteiger partial charge in [0, 0.05) is 33.2 Å². The molecule has 0 aliphatic carbocycles. The van der Waals surface area contributed by atoms with Crippen molar-refractivity contribution < 1.29 is 0 Å². The maximum atomic E-state index is 4.15. The predicted molar refractivity (Wildman–Crippen MR) is 89.8 cm³/mol. The van der Waals surface area contributed by atoms with Gasteiger partial charge in [-0.15, -0.1) is 30.6 Å². The Morgan fingerprint density at radius 2 is 2.28 bits per heavy atom. The molecule has 1 fully saturated rings. The zero-order valence-electron chi connectivity index (χ0n) is 11.6. The summed E-state index contributed by atoms with van der Waals surface area (Å²) in [5, 5.41) is 6.48. The molecule has 5 heteroatoms. The number of nitrogens with zero attached hydrogens (tertiary/aromatic N) is 2. The normalized spacial score (nSPS) is 21.0. The maximum Gasteiger partial charge on any atom is 0.191 e. The first-order valence-corrected chi connectivity index (χ1v) is 6.54. The molecule has 0 saturated carbocycles. The van der Waals surface area contributed by atoms with Gasteiger partial charge in [-0.2, -0.15) is 0 Å². The molecule has 0 aromatic rings. The standard InChI is InChI=1S/C13H26N4.HI/c1-4-7-15-13(14-3)16-8-10-17-9-5-6-12(2)11-17;/h4,12H,1,5-11H2,2-3H3,(H2,14,15,16);1H. The third-order valence-electron chi connectivity index (χ3n) is 3.10. The molecule has 1 unspecified atom stereocenters. The van der Waals surface area contributed by atoms with Crippen LogP contribution in [0.15, 0.2) is 17.6 Å². The van der Waals surface area contributed by atoms with Crippen molar-refractivity contribution in [1.82, 2.24) is 15.5 Å². The number of aliphatic imine (C=N–C) groups is 1. The Hall–Kier alpha value is -0.300. The predicted octanol–water partition coefficient (Wildman–Crippen LogP) is 1.69. The van der Waals surface area contributed by atoms with Gasteiger partial charge in [-0.25, -0.2) is 0 Å². The highest BCUT2D eigenvalue weighted by Crippen LogP contribution is 2.14. The fraction of sp³-hybridized carbons (Fsp3) is 0.769. The van der Waals surface area contributed by atoms with E-state index in [1.807, 2.05) is 6.08 Å². The molecule has 1 aliphatic rings. The number of rotatable bonds is 5. The van der Waals surface area contributed by atoms with Gasteiger partial charge < -0.3 is 15.5 Å². The number of likely N-dealkylation sites (tertiary alicyclic amines) is 1. The summed E-state index contributed by atoms with van der Waals surface area (Å²) in [6.45, 7) is 11.3. The quantitative estimate of drug-likeness (QED) is 0.337. The lowest BCUT2D eigenvalue weighted by molar-refractivity contribution is 0.187. The zero-order chi connectivity index (χ0) is 12.5. The molecule has 1 atom stereocenters. The van der Waals surface area contributed by atoms with Crippen molar-refractivity contribution in [3.63, 3.8) is 0 Å². The first kappa shape index (κ1) is 17.7. The molecule has 2 N–H and O–H groups in total. The van der Waals surface area contributed by atoms with E-state index >= 15 is 0 Å². The van der Waals surface area contributed by atoms with Crippen molar-refractivity contribution in [3.05, 3.63) is 12.7 Å². The van der Waals surface area contributed by atoms with Crippen LogP contribution in [-0.2, 0) is 0 Å². The molecule has 4 nitrogen and oxygen atoms in total. The van der Waals surface area contributed by atoms with Crippen LogP contribution in [0.4, 0.5) is 0 Å². The number of halogens is 1. The van der Waals surface area contributed by atoms with Crippen LogP contribution in [0.2, 0.25) is 0 Å². The molecule has 1 rings (SSSR count). The lowest BCUT2D eigenvalue weighted by Gasteiger charge is -2.30. The van der Waals surface area contributed by atoms with Crippen molar-refractivity contribution in [1.29, 1.82) is 0 Å². The minimum Gasteiger partial charge on any atom is -0.355 e. The zero-order valence-corrected chi connectivity index (χ0v) is 13.9. The highest BCUT2D eigenvalue weighted by molar-refractivity contribution is 14.0. The third kappa shape index (κ3) is 7.20. The smallest absolute Gasteiger partial charge is 0.191 e. The summed E-state index contributed by atoms with van der Waals surface area (Å²) >= 11 is 0. The minimum absolute atomic E-state index is 0.